The first kappa shape index (κ1) is 16.3. The lowest BCUT2D eigenvalue weighted by molar-refractivity contribution is 0.194. The standard InChI is InChI=1S/C21H23Cl2N/c1-14-13-16(22)18(23)19-17(14)20(2)11-7-8-12-21(20,3)24(19)15-9-5-4-6-10-15/h4-6,9-10,13H,7-8,11-12H2,1-3H3. The molecule has 2 aromatic rings. The molecular weight excluding hydrogens is 337 g/mol. The van der Waals surface area contributed by atoms with Crippen molar-refractivity contribution in [1.29, 1.82) is 0 Å². The lowest BCUT2D eigenvalue weighted by Gasteiger charge is -2.50. The monoisotopic (exact) mass is 359 g/mol. The zero-order valence-electron chi connectivity index (χ0n) is 14.5. The van der Waals surface area contributed by atoms with Crippen molar-refractivity contribution in [3.63, 3.8) is 0 Å². The van der Waals surface area contributed by atoms with E-state index in [1.165, 1.54) is 42.5 Å². The maximum Gasteiger partial charge on any atom is 0.0832 e. The van der Waals surface area contributed by atoms with Crippen LogP contribution in [-0.4, -0.2) is 5.54 Å². The molecule has 0 radical (unpaired) electrons. The van der Waals surface area contributed by atoms with Crippen LogP contribution in [0.5, 0.6) is 0 Å². The molecule has 1 heterocycles. The Morgan fingerprint density at radius 2 is 1.67 bits per heavy atom. The maximum atomic E-state index is 6.77. The largest absolute Gasteiger partial charge is 0.333 e. The van der Waals surface area contributed by atoms with Crippen molar-refractivity contribution >= 4 is 34.6 Å². The van der Waals surface area contributed by atoms with Crippen LogP contribution < -0.4 is 4.90 Å². The van der Waals surface area contributed by atoms with Crippen LogP contribution in [0.25, 0.3) is 0 Å². The molecule has 126 valence electrons. The van der Waals surface area contributed by atoms with Crippen molar-refractivity contribution in [3.8, 4) is 0 Å². The number of nitrogens with zero attached hydrogens (tertiary/aromatic N) is 1. The third kappa shape index (κ3) is 1.95. The van der Waals surface area contributed by atoms with Gasteiger partial charge >= 0.3 is 0 Å². The Balaban J connectivity index is 2.08. The number of anilines is 2. The highest BCUT2D eigenvalue weighted by atomic mass is 35.5. The summed E-state index contributed by atoms with van der Waals surface area (Å²) in [4.78, 5) is 2.47. The predicted molar refractivity (Wildman–Crippen MR) is 104 cm³/mol. The summed E-state index contributed by atoms with van der Waals surface area (Å²) in [7, 11) is 0. The minimum Gasteiger partial charge on any atom is -0.333 e. The third-order valence-electron chi connectivity index (χ3n) is 6.45. The van der Waals surface area contributed by atoms with E-state index < -0.39 is 0 Å². The Bertz CT molecular complexity index is 801. The molecule has 24 heavy (non-hydrogen) atoms. The summed E-state index contributed by atoms with van der Waals surface area (Å²) >= 11 is 13.3. The van der Waals surface area contributed by atoms with Crippen molar-refractivity contribution in [3.05, 3.63) is 57.6 Å². The van der Waals surface area contributed by atoms with Crippen molar-refractivity contribution in [1.82, 2.24) is 0 Å². The molecule has 1 nitrogen and oxygen atoms in total. The van der Waals surface area contributed by atoms with Crippen molar-refractivity contribution in [2.24, 2.45) is 0 Å². The summed E-state index contributed by atoms with van der Waals surface area (Å²) in [6.45, 7) is 7.00. The van der Waals surface area contributed by atoms with E-state index in [9.17, 15) is 0 Å². The molecule has 0 N–H and O–H groups in total. The molecular formula is C21H23Cl2N. The molecule has 1 fully saturated rings. The van der Waals surface area contributed by atoms with Gasteiger partial charge in [0.25, 0.3) is 0 Å². The van der Waals surface area contributed by atoms with Crippen LogP contribution in [0.4, 0.5) is 11.4 Å². The van der Waals surface area contributed by atoms with Gasteiger partial charge in [0, 0.05) is 11.1 Å². The Hall–Kier alpha value is -1.18. The second-order valence-electron chi connectivity index (χ2n) is 7.70. The van der Waals surface area contributed by atoms with Crippen LogP contribution in [0.2, 0.25) is 10.0 Å². The Kier molecular flexibility index (Phi) is 3.67. The first-order valence-corrected chi connectivity index (χ1v) is 9.50. The number of fused-ring (bicyclic) bond motifs is 3. The minimum atomic E-state index is 0.0218. The van der Waals surface area contributed by atoms with Gasteiger partial charge in [0.05, 0.1) is 21.3 Å². The molecule has 0 saturated heterocycles. The molecule has 4 rings (SSSR count). The smallest absolute Gasteiger partial charge is 0.0832 e. The van der Waals surface area contributed by atoms with E-state index in [0.717, 1.165) is 5.69 Å². The van der Waals surface area contributed by atoms with Gasteiger partial charge in [-0.1, -0.05) is 61.2 Å². The number of hydrogen-bond acceptors (Lipinski definition) is 1. The highest BCUT2D eigenvalue weighted by molar-refractivity contribution is 6.44. The molecule has 2 aliphatic rings. The summed E-state index contributed by atoms with van der Waals surface area (Å²) in [6.07, 6.45) is 4.89. The fraction of sp³-hybridized carbons (Fsp3) is 0.429. The lowest BCUT2D eigenvalue weighted by atomic mass is 9.61. The van der Waals surface area contributed by atoms with Gasteiger partial charge in [-0.3, -0.25) is 0 Å². The molecule has 2 unspecified atom stereocenters. The van der Waals surface area contributed by atoms with Gasteiger partial charge < -0.3 is 4.90 Å². The molecule has 1 aliphatic heterocycles. The maximum absolute atomic E-state index is 6.77. The summed E-state index contributed by atoms with van der Waals surface area (Å²) in [5.41, 5.74) is 5.09. The number of halogens is 2. The number of rotatable bonds is 1. The average molecular weight is 360 g/mol. The minimum absolute atomic E-state index is 0.0218. The number of benzene rings is 2. The zero-order valence-corrected chi connectivity index (χ0v) is 16.0. The van der Waals surface area contributed by atoms with E-state index in [-0.39, 0.29) is 11.0 Å². The summed E-state index contributed by atoms with van der Waals surface area (Å²) in [6, 6.07) is 12.7. The van der Waals surface area contributed by atoms with Crippen LogP contribution >= 0.6 is 23.2 Å². The van der Waals surface area contributed by atoms with Gasteiger partial charge in [-0.15, -0.1) is 0 Å². The SMILES string of the molecule is Cc1cc(Cl)c(Cl)c2c1C1(C)CCCCC1(C)N2c1ccccc1. The van der Waals surface area contributed by atoms with Crippen LogP contribution in [-0.2, 0) is 5.41 Å². The van der Waals surface area contributed by atoms with Gasteiger partial charge in [0.1, 0.15) is 0 Å². The van der Waals surface area contributed by atoms with E-state index in [0.29, 0.717) is 10.0 Å². The average Bonchev–Trinajstić information content (AvgIpc) is 2.78. The highest BCUT2D eigenvalue weighted by Gasteiger charge is 2.59. The fourth-order valence-electron chi connectivity index (χ4n) is 5.13. The van der Waals surface area contributed by atoms with Gasteiger partial charge in [-0.25, -0.2) is 0 Å². The molecule has 0 spiro atoms. The summed E-state index contributed by atoms with van der Waals surface area (Å²) in [5, 5.41) is 1.35. The van der Waals surface area contributed by atoms with E-state index in [1.54, 1.807) is 0 Å². The summed E-state index contributed by atoms with van der Waals surface area (Å²) in [5.74, 6) is 0. The Labute approximate surface area is 154 Å². The molecule has 2 aromatic carbocycles. The second-order valence-corrected chi connectivity index (χ2v) is 8.48. The highest BCUT2D eigenvalue weighted by Crippen LogP contribution is 2.63. The normalized spacial score (nSPS) is 28.6. The van der Waals surface area contributed by atoms with E-state index in [2.05, 4.69) is 56.0 Å². The van der Waals surface area contributed by atoms with Gasteiger partial charge in [0.15, 0.2) is 0 Å². The predicted octanol–water partition coefficient (Wildman–Crippen LogP) is 7.04. The molecule has 2 atom stereocenters. The van der Waals surface area contributed by atoms with E-state index in [1.807, 2.05) is 6.07 Å². The number of para-hydroxylation sites is 1. The Morgan fingerprint density at radius 3 is 2.38 bits per heavy atom. The van der Waals surface area contributed by atoms with Crippen molar-refractivity contribution in [2.45, 2.75) is 57.4 Å². The molecule has 1 saturated carbocycles. The zero-order chi connectivity index (χ0) is 17.1. The Morgan fingerprint density at radius 1 is 1.00 bits per heavy atom. The van der Waals surface area contributed by atoms with Crippen LogP contribution in [0, 0.1) is 6.92 Å². The quantitative estimate of drug-likeness (QED) is 0.527. The number of hydrogen-bond donors (Lipinski definition) is 0. The molecule has 0 amide bonds. The molecule has 1 aliphatic carbocycles. The van der Waals surface area contributed by atoms with Crippen molar-refractivity contribution in [2.75, 3.05) is 4.90 Å². The lowest BCUT2D eigenvalue weighted by Crippen LogP contribution is -2.54. The number of aryl methyl sites for hydroxylation is 1. The van der Waals surface area contributed by atoms with Crippen LogP contribution in [0.1, 0.15) is 50.7 Å². The van der Waals surface area contributed by atoms with Crippen LogP contribution in [0.3, 0.4) is 0 Å². The first-order valence-electron chi connectivity index (χ1n) is 8.74. The van der Waals surface area contributed by atoms with Crippen molar-refractivity contribution < 1.29 is 0 Å². The third-order valence-corrected chi connectivity index (χ3v) is 7.23. The van der Waals surface area contributed by atoms with E-state index in [4.69, 9.17) is 23.2 Å². The molecule has 3 heteroatoms. The van der Waals surface area contributed by atoms with Gasteiger partial charge in [0.2, 0.25) is 0 Å². The second kappa shape index (κ2) is 5.41. The molecule has 0 aromatic heterocycles. The van der Waals surface area contributed by atoms with E-state index >= 15 is 0 Å². The van der Waals surface area contributed by atoms with Gasteiger partial charge in [-0.05, 0) is 56.0 Å². The molecule has 0 bridgehead atoms. The van der Waals surface area contributed by atoms with Crippen LogP contribution in [0.15, 0.2) is 36.4 Å². The first-order chi connectivity index (χ1) is 11.4. The fourth-order valence-corrected chi connectivity index (χ4v) is 5.61. The topological polar surface area (TPSA) is 3.24 Å². The van der Waals surface area contributed by atoms with Gasteiger partial charge in [-0.2, -0.15) is 0 Å². The summed E-state index contributed by atoms with van der Waals surface area (Å²) < 4.78 is 0.